The van der Waals surface area contributed by atoms with Crippen LogP contribution >= 0.6 is 0 Å². The number of hydrogen-bond acceptors (Lipinski definition) is 3. The molecule has 19 heavy (non-hydrogen) atoms. The number of hydrogen-bond donors (Lipinski definition) is 1. The molecule has 1 aromatic carbocycles. The summed E-state index contributed by atoms with van der Waals surface area (Å²) in [7, 11) is 1.69. The molecule has 0 aliphatic carbocycles. The molecule has 0 radical (unpaired) electrons. The molecule has 0 amide bonds. The van der Waals surface area contributed by atoms with Crippen LogP contribution in [0.1, 0.15) is 18.1 Å². The summed E-state index contributed by atoms with van der Waals surface area (Å²) in [5.41, 5.74) is 2.07. The second kappa shape index (κ2) is 8.45. The molecule has 0 heterocycles. The van der Waals surface area contributed by atoms with Gasteiger partial charge in [-0.2, -0.15) is 0 Å². The smallest absolute Gasteiger partial charge is 0.328 e. The predicted molar refractivity (Wildman–Crippen MR) is 75.9 cm³/mol. The Balaban J connectivity index is 2.78. The number of likely N-dealkylation sites (N-methyl/N-ethyl adjacent to an activating group) is 1. The maximum atomic E-state index is 10.6. The minimum Gasteiger partial charge on any atom is -0.478 e. The van der Waals surface area contributed by atoms with Crippen LogP contribution in [0.5, 0.6) is 0 Å². The molecule has 1 rings (SSSR count). The zero-order chi connectivity index (χ0) is 14.1. The van der Waals surface area contributed by atoms with Gasteiger partial charge in [0.2, 0.25) is 0 Å². The molecule has 1 N–H and O–H groups in total. The van der Waals surface area contributed by atoms with Gasteiger partial charge < -0.3 is 9.84 Å². The highest BCUT2D eigenvalue weighted by molar-refractivity contribution is 5.85. The Hall–Kier alpha value is -1.65. The fourth-order valence-corrected chi connectivity index (χ4v) is 1.81. The first kappa shape index (κ1) is 15.4. The lowest BCUT2D eigenvalue weighted by Crippen LogP contribution is -2.27. The van der Waals surface area contributed by atoms with E-state index in [4.69, 9.17) is 9.84 Å². The summed E-state index contributed by atoms with van der Waals surface area (Å²) < 4.78 is 5.09. The van der Waals surface area contributed by atoms with Gasteiger partial charge >= 0.3 is 5.97 Å². The fourth-order valence-electron chi connectivity index (χ4n) is 1.81. The minimum atomic E-state index is -0.929. The number of ether oxygens (including phenoxy) is 1. The molecule has 104 valence electrons. The molecule has 0 saturated heterocycles. The summed E-state index contributed by atoms with van der Waals surface area (Å²) in [4.78, 5) is 12.9. The summed E-state index contributed by atoms with van der Waals surface area (Å²) in [6, 6.07) is 7.84. The topological polar surface area (TPSA) is 49.8 Å². The molecular weight excluding hydrogens is 242 g/mol. The van der Waals surface area contributed by atoms with E-state index in [0.717, 1.165) is 30.8 Å². The van der Waals surface area contributed by atoms with Crippen LogP contribution in [0.4, 0.5) is 0 Å². The van der Waals surface area contributed by atoms with Crippen LogP contribution in [-0.2, 0) is 16.1 Å². The number of nitrogens with zero attached hydrogens (tertiary/aromatic N) is 1. The number of methoxy groups -OCH3 is 1. The fraction of sp³-hybridized carbons (Fsp3) is 0.400. The Morgan fingerprint density at radius 3 is 2.79 bits per heavy atom. The number of carboxylic acids is 1. The summed E-state index contributed by atoms with van der Waals surface area (Å²) in [6.45, 7) is 5.39. The third kappa shape index (κ3) is 5.68. The lowest BCUT2D eigenvalue weighted by Gasteiger charge is -2.21. The van der Waals surface area contributed by atoms with Gasteiger partial charge in [0, 0.05) is 26.3 Å². The van der Waals surface area contributed by atoms with Gasteiger partial charge in [-0.3, -0.25) is 4.90 Å². The second-order valence-corrected chi connectivity index (χ2v) is 4.23. The van der Waals surface area contributed by atoms with Gasteiger partial charge in [-0.1, -0.05) is 31.2 Å². The van der Waals surface area contributed by atoms with Crippen molar-refractivity contribution in [1.29, 1.82) is 0 Å². The zero-order valence-electron chi connectivity index (χ0n) is 11.5. The van der Waals surface area contributed by atoms with Crippen molar-refractivity contribution in [3.63, 3.8) is 0 Å². The maximum absolute atomic E-state index is 10.6. The van der Waals surface area contributed by atoms with E-state index in [0.29, 0.717) is 6.61 Å². The van der Waals surface area contributed by atoms with Crippen molar-refractivity contribution in [2.45, 2.75) is 13.5 Å². The Kier molecular flexibility index (Phi) is 6.85. The van der Waals surface area contributed by atoms with E-state index >= 15 is 0 Å². The van der Waals surface area contributed by atoms with Crippen LogP contribution in [0.25, 0.3) is 6.08 Å². The van der Waals surface area contributed by atoms with Crippen LogP contribution in [0, 0.1) is 0 Å². The largest absolute Gasteiger partial charge is 0.478 e. The quantitative estimate of drug-likeness (QED) is 0.731. The van der Waals surface area contributed by atoms with E-state index in [1.165, 1.54) is 6.08 Å². The highest BCUT2D eigenvalue weighted by Gasteiger charge is 2.06. The van der Waals surface area contributed by atoms with Gasteiger partial charge in [0.1, 0.15) is 0 Å². The predicted octanol–water partition coefficient (Wildman–Crippen LogP) is 2.25. The average Bonchev–Trinajstić information content (AvgIpc) is 2.42. The molecule has 0 bridgehead atoms. The van der Waals surface area contributed by atoms with Crippen molar-refractivity contribution in [1.82, 2.24) is 4.90 Å². The van der Waals surface area contributed by atoms with Gasteiger partial charge in [-0.25, -0.2) is 4.79 Å². The summed E-state index contributed by atoms with van der Waals surface area (Å²) in [6.07, 6.45) is 2.81. The summed E-state index contributed by atoms with van der Waals surface area (Å²) in [5, 5.41) is 8.70. The number of carbonyl (C=O) groups is 1. The number of carboxylic acid groups (broad SMARTS) is 1. The zero-order valence-corrected chi connectivity index (χ0v) is 11.5. The first-order valence-electron chi connectivity index (χ1n) is 6.37. The Bertz CT molecular complexity index is 429. The third-order valence-electron chi connectivity index (χ3n) is 2.91. The molecule has 0 aliphatic rings. The van der Waals surface area contributed by atoms with E-state index in [-0.39, 0.29) is 0 Å². The van der Waals surface area contributed by atoms with E-state index in [1.54, 1.807) is 13.2 Å². The highest BCUT2D eigenvalue weighted by Crippen LogP contribution is 2.13. The lowest BCUT2D eigenvalue weighted by atomic mass is 10.1. The highest BCUT2D eigenvalue weighted by atomic mass is 16.5. The molecule has 0 fully saturated rings. The molecule has 1 aromatic rings. The molecule has 0 aliphatic heterocycles. The number of rotatable bonds is 8. The Labute approximate surface area is 114 Å². The average molecular weight is 263 g/mol. The van der Waals surface area contributed by atoms with E-state index in [2.05, 4.69) is 11.8 Å². The van der Waals surface area contributed by atoms with Crippen molar-refractivity contribution in [2.75, 3.05) is 26.8 Å². The molecule has 0 unspecified atom stereocenters. The molecule has 0 saturated carbocycles. The van der Waals surface area contributed by atoms with Gasteiger partial charge in [-0.05, 0) is 23.7 Å². The maximum Gasteiger partial charge on any atom is 0.328 e. The van der Waals surface area contributed by atoms with Crippen LogP contribution in [0.15, 0.2) is 30.3 Å². The summed E-state index contributed by atoms with van der Waals surface area (Å²) in [5.74, 6) is -0.929. The van der Waals surface area contributed by atoms with Crippen molar-refractivity contribution in [2.24, 2.45) is 0 Å². The van der Waals surface area contributed by atoms with Gasteiger partial charge in [0.05, 0.1) is 6.61 Å². The third-order valence-corrected chi connectivity index (χ3v) is 2.91. The minimum absolute atomic E-state index is 0.695. The molecular formula is C15H21NO3. The molecule has 0 spiro atoms. The van der Waals surface area contributed by atoms with E-state index in [9.17, 15) is 4.79 Å². The van der Waals surface area contributed by atoms with Crippen molar-refractivity contribution < 1.29 is 14.6 Å². The van der Waals surface area contributed by atoms with E-state index < -0.39 is 5.97 Å². The monoisotopic (exact) mass is 263 g/mol. The number of aliphatic carboxylic acids is 1. The van der Waals surface area contributed by atoms with Crippen molar-refractivity contribution >= 4 is 12.0 Å². The van der Waals surface area contributed by atoms with E-state index in [1.807, 2.05) is 24.3 Å². The molecule has 0 aromatic heterocycles. The van der Waals surface area contributed by atoms with Crippen LogP contribution in [0.2, 0.25) is 0 Å². The van der Waals surface area contributed by atoms with Crippen LogP contribution < -0.4 is 0 Å². The van der Waals surface area contributed by atoms with Gasteiger partial charge in [0.25, 0.3) is 0 Å². The molecule has 0 atom stereocenters. The van der Waals surface area contributed by atoms with Crippen molar-refractivity contribution in [3.8, 4) is 0 Å². The molecule has 4 nitrogen and oxygen atoms in total. The van der Waals surface area contributed by atoms with Gasteiger partial charge in [-0.15, -0.1) is 0 Å². The number of benzene rings is 1. The standard InChI is InChI=1S/C15H21NO3/c1-3-16(10-11-19-2)12-14-7-5-4-6-13(14)8-9-15(17)18/h4-9H,3,10-12H2,1-2H3,(H,17,18). The molecule has 4 heteroatoms. The normalized spacial score (nSPS) is 11.3. The van der Waals surface area contributed by atoms with Crippen LogP contribution in [0.3, 0.4) is 0 Å². The Morgan fingerprint density at radius 1 is 1.42 bits per heavy atom. The summed E-state index contributed by atoms with van der Waals surface area (Å²) >= 11 is 0. The SMILES string of the molecule is CCN(CCOC)Cc1ccccc1C=CC(=O)O. The second-order valence-electron chi connectivity index (χ2n) is 4.23. The van der Waals surface area contributed by atoms with Crippen molar-refractivity contribution in [3.05, 3.63) is 41.5 Å². The lowest BCUT2D eigenvalue weighted by molar-refractivity contribution is -0.131. The first-order valence-corrected chi connectivity index (χ1v) is 6.37. The van der Waals surface area contributed by atoms with Crippen LogP contribution in [-0.4, -0.2) is 42.8 Å². The Morgan fingerprint density at radius 2 is 2.16 bits per heavy atom. The van der Waals surface area contributed by atoms with Gasteiger partial charge in [0.15, 0.2) is 0 Å². The first-order chi connectivity index (χ1) is 9.17.